The zero-order chi connectivity index (χ0) is 19.2. The van der Waals surface area contributed by atoms with Crippen LogP contribution in [0.4, 0.5) is 10.5 Å². The van der Waals surface area contributed by atoms with E-state index in [0.29, 0.717) is 17.0 Å². The summed E-state index contributed by atoms with van der Waals surface area (Å²) < 4.78 is 27.7. The maximum absolute atomic E-state index is 11.9. The Hall–Kier alpha value is -3.11. The summed E-state index contributed by atoms with van der Waals surface area (Å²) in [6.45, 7) is 0. The van der Waals surface area contributed by atoms with Gasteiger partial charge in [-0.25, -0.2) is 13.2 Å². The van der Waals surface area contributed by atoms with E-state index in [0.717, 1.165) is 6.26 Å². The van der Waals surface area contributed by atoms with Gasteiger partial charge >= 0.3 is 6.03 Å². The van der Waals surface area contributed by atoms with Gasteiger partial charge in [-0.2, -0.15) is 0 Å². The van der Waals surface area contributed by atoms with Crippen molar-refractivity contribution in [2.75, 3.05) is 18.8 Å². The van der Waals surface area contributed by atoms with E-state index in [1.54, 1.807) is 12.1 Å². The van der Waals surface area contributed by atoms with Crippen LogP contribution in [0, 0.1) is 0 Å². The fraction of sp³-hybridized carbons (Fsp3) is 0.125. The van der Waals surface area contributed by atoms with Crippen LogP contribution in [0.2, 0.25) is 0 Å². The first-order valence-corrected chi connectivity index (χ1v) is 9.25. The van der Waals surface area contributed by atoms with E-state index in [2.05, 4.69) is 21.7 Å². The van der Waals surface area contributed by atoms with Crippen LogP contribution in [0.1, 0.15) is 10.4 Å². The standard InChI is InChI=1S/C16H18N4O5S/c1-25-13-7-3-11(4-8-13)15(21)17-16(22)19-20-18-12-5-9-14(10-6-12)26(2,23)24/h3-10,18,20H,1-2H3,(H2,17,19,21,22). The monoisotopic (exact) mass is 378 g/mol. The minimum atomic E-state index is -3.27. The Bertz CT molecular complexity index is 880. The zero-order valence-electron chi connectivity index (χ0n) is 14.1. The van der Waals surface area contributed by atoms with E-state index in [9.17, 15) is 18.0 Å². The van der Waals surface area contributed by atoms with Crippen LogP contribution >= 0.6 is 0 Å². The number of anilines is 1. The average molecular weight is 378 g/mol. The topological polar surface area (TPSA) is 126 Å². The maximum atomic E-state index is 11.9. The molecule has 10 heteroatoms. The molecule has 26 heavy (non-hydrogen) atoms. The van der Waals surface area contributed by atoms with Gasteiger partial charge in [0, 0.05) is 11.8 Å². The lowest BCUT2D eigenvalue weighted by molar-refractivity contribution is 0.0963. The van der Waals surface area contributed by atoms with Gasteiger partial charge in [0.25, 0.3) is 5.91 Å². The lowest BCUT2D eigenvalue weighted by atomic mass is 10.2. The van der Waals surface area contributed by atoms with E-state index in [4.69, 9.17) is 4.74 Å². The van der Waals surface area contributed by atoms with E-state index in [-0.39, 0.29) is 4.90 Å². The number of hydrazine groups is 2. The third-order valence-corrected chi connectivity index (χ3v) is 4.37. The number of urea groups is 1. The fourth-order valence-electron chi connectivity index (χ4n) is 1.89. The molecule has 2 aromatic rings. The van der Waals surface area contributed by atoms with E-state index in [1.165, 1.54) is 43.5 Å². The van der Waals surface area contributed by atoms with Crippen LogP contribution in [0.15, 0.2) is 53.4 Å². The summed E-state index contributed by atoms with van der Waals surface area (Å²) in [5.74, 6) is 0.0169. The number of nitrogens with one attached hydrogen (secondary N) is 4. The molecule has 0 aliphatic rings. The molecule has 0 unspecified atom stereocenters. The van der Waals surface area contributed by atoms with Gasteiger partial charge in [0.2, 0.25) is 0 Å². The quantitative estimate of drug-likeness (QED) is 0.554. The molecule has 0 spiro atoms. The normalized spacial score (nSPS) is 10.7. The van der Waals surface area contributed by atoms with Gasteiger partial charge in [0.15, 0.2) is 9.84 Å². The molecule has 0 bridgehead atoms. The summed E-state index contributed by atoms with van der Waals surface area (Å²) in [7, 11) is -1.76. The molecule has 0 radical (unpaired) electrons. The number of carbonyl (C=O) groups is 2. The highest BCUT2D eigenvalue weighted by Gasteiger charge is 2.10. The number of hydrogen-bond donors (Lipinski definition) is 4. The van der Waals surface area contributed by atoms with Crippen LogP contribution < -0.4 is 26.4 Å². The van der Waals surface area contributed by atoms with Gasteiger partial charge in [-0.3, -0.25) is 15.5 Å². The summed E-state index contributed by atoms with van der Waals surface area (Å²) in [4.78, 5) is 23.8. The predicted octanol–water partition coefficient (Wildman–Crippen LogP) is 1.07. The van der Waals surface area contributed by atoms with Gasteiger partial charge in [0.05, 0.1) is 17.7 Å². The fourth-order valence-corrected chi connectivity index (χ4v) is 2.53. The van der Waals surface area contributed by atoms with Crippen molar-refractivity contribution in [3.05, 3.63) is 54.1 Å². The second-order valence-corrected chi connectivity index (χ2v) is 7.20. The number of hydrogen-bond acceptors (Lipinski definition) is 7. The number of rotatable bonds is 6. The Kier molecular flexibility index (Phi) is 6.15. The molecular weight excluding hydrogens is 360 g/mol. The van der Waals surface area contributed by atoms with Gasteiger partial charge in [0.1, 0.15) is 5.75 Å². The molecule has 2 rings (SSSR count). The smallest absolute Gasteiger partial charge is 0.337 e. The Morgan fingerprint density at radius 2 is 1.58 bits per heavy atom. The summed E-state index contributed by atoms with van der Waals surface area (Å²) in [5.41, 5.74) is 8.07. The molecular formula is C16H18N4O5S. The van der Waals surface area contributed by atoms with Crippen LogP contribution in [-0.2, 0) is 9.84 Å². The number of benzene rings is 2. The summed E-state index contributed by atoms with van der Waals surface area (Å²) in [5, 5.41) is 2.14. The number of sulfone groups is 1. The SMILES string of the molecule is COc1ccc(C(=O)NC(=O)NNNc2ccc(S(C)(=O)=O)cc2)cc1. The van der Waals surface area contributed by atoms with Crippen molar-refractivity contribution in [3.63, 3.8) is 0 Å². The molecule has 0 saturated heterocycles. The zero-order valence-corrected chi connectivity index (χ0v) is 14.9. The van der Waals surface area contributed by atoms with E-state index < -0.39 is 21.8 Å². The second kappa shape index (κ2) is 8.32. The molecule has 0 saturated carbocycles. The predicted molar refractivity (Wildman–Crippen MR) is 95.3 cm³/mol. The van der Waals surface area contributed by atoms with Crippen molar-refractivity contribution >= 4 is 27.5 Å². The molecule has 2 aromatic carbocycles. The van der Waals surface area contributed by atoms with Crippen LogP contribution in [0.3, 0.4) is 0 Å². The minimum Gasteiger partial charge on any atom is -0.497 e. The van der Waals surface area contributed by atoms with Gasteiger partial charge in [-0.1, -0.05) is 0 Å². The van der Waals surface area contributed by atoms with Crippen LogP contribution in [0.25, 0.3) is 0 Å². The first-order chi connectivity index (χ1) is 12.3. The number of carbonyl (C=O) groups excluding carboxylic acids is 2. The Morgan fingerprint density at radius 3 is 2.12 bits per heavy atom. The average Bonchev–Trinajstić information content (AvgIpc) is 2.61. The first kappa shape index (κ1) is 19.2. The lowest BCUT2D eigenvalue weighted by Gasteiger charge is -2.11. The Morgan fingerprint density at radius 1 is 0.962 bits per heavy atom. The van der Waals surface area contributed by atoms with E-state index >= 15 is 0 Å². The molecule has 0 heterocycles. The van der Waals surface area contributed by atoms with Crippen molar-refractivity contribution in [2.45, 2.75) is 4.90 Å². The number of amides is 3. The minimum absolute atomic E-state index is 0.179. The molecule has 0 aliphatic carbocycles. The highest BCUT2D eigenvalue weighted by molar-refractivity contribution is 7.90. The van der Waals surface area contributed by atoms with Crippen molar-refractivity contribution in [3.8, 4) is 5.75 Å². The Balaban J connectivity index is 1.80. The largest absolute Gasteiger partial charge is 0.497 e. The lowest BCUT2D eigenvalue weighted by Crippen LogP contribution is -2.48. The van der Waals surface area contributed by atoms with Crippen LogP contribution in [-0.4, -0.2) is 33.7 Å². The summed E-state index contributed by atoms with van der Waals surface area (Å²) in [6, 6.07) is 11.4. The molecule has 3 amide bonds. The van der Waals surface area contributed by atoms with E-state index in [1.807, 2.05) is 0 Å². The van der Waals surface area contributed by atoms with Crippen LogP contribution in [0.5, 0.6) is 5.75 Å². The van der Waals surface area contributed by atoms with Gasteiger partial charge < -0.3 is 10.2 Å². The molecule has 0 atom stereocenters. The third-order valence-electron chi connectivity index (χ3n) is 3.24. The number of imide groups is 1. The third kappa shape index (κ3) is 5.46. The molecule has 9 nitrogen and oxygen atoms in total. The maximum Gasteiger partial charge on any atom is 0.337 e. The second-order valence-electron chi connectivity index (χ2n) is 5.18. The molecule has 0 aromatic heterocycles. The number of ether oxygens (including phenoxy) is 1. The molecule has 0 fully saturated rings. The summed E-state index contributed by atoms with van der Waals surface area (Å²) in [6.07, 6.45) is 1.11. The van der Waals surface area contributed by atoms with Crippen molar-refractivity contribution < 1.29 is 22.7 Å². The molecule has 4 N–H and O–H groups in total. The number of methoxy groups -OCH3 is 1. The highest BCUT2D eigenvalue weighted by Crippen LogP contribution is 2.13. The van der Waals surface area contributed by atoms with Crippen molar-refractivity contribution in [1.29, 1.82) is 0 Å². The van der Waals surface area contributed by atoms with Gasteiger partial charge in [-0.05, 0) is 48.5 Å². The highest BCUT2D eigenvalue weighted by atomic mass is 32.2. The summed E-state index contributed by atoms with van der Waals surface area (Å²) >= 11 is 0. The Labute approximate surface area is 150 Å². The first-order valence-electron chi connectivity index (χ1n) is 7.36. The molecule has 138 valence electrons. The van der Waals surface area contributed by atoms with Crippen molar-refractivity contribution in [2.24, 2.45) is 0 Å². The van der Waals surface area contributed by atoms with Crippen molar-refractivity contribution in [1.82, 2.24) is 16.3 Å². The van der Waals surface area contributed by atoms with Gasteiger partial charge in [-0.15, -0.1) is 5.53 Å². The molecule has 0 aliphatic heterocycles.